The van der Waals surface area contributed by atoms with E-state index in [4.69, 9.17) is 10.8 Å². The molecule has 4 heteroatoms. The molecule has 2 rings (SSSR count). The highest BCUT2D eigenvalue weighted by Gasteiger charge is 2.12. The predicted octanol–water partition coefficient (Wildman–Crippen LogP) is 1.84. The molecule has 0 saturated heterocycles. The summed E-state index contributed by atoms with van der Waals surface area (Å²) in [6, 6.07) is 4.15. The van der Waals surface area contributed by atoms with Gasteiger partial charge in [0.2, 0.25) is 0 Å². The van der Waals surface area contributed by atoms with E-state index < -0.39 is 5.97 Å². The van der Waals surface area contributed by atoms with Crippen LogP contribution in [0.3, 0.4) is 0 Å². The Labute approximate surface area is 106 Å². The van der Waals surface area contributed by atoms with Crippen LogP contribution < -0.4 is 5.73 Å². The number of benzene rings is 1. The number of carbonyl (C=O) groups is 1. The molecule has 1 aromatic carbocycles. The van der Waals surface area contributed by atoms with Crippen molar-refractivity contribution in [3.05, 3.63) is 35.0 Å². The molecule has 0 aliphatic carbocycles. The summed E-state index contributed by atoms with van der Waals surface area (Å²) in [5, 5.41) is 10.1. The molecule has 0 saturated carbocycles. The Balaban J connectivity index is 2.67. The maximum Gasteiger partial charge on any atom is 0.323 e. The Morgan fingerprint density at radius 3 is 2.72 bits per heavy atom. The molecule has 0 unspecified atom stereocenters. The van der Waals surface area contributed by atoms with Crippen LogP contribution in [0.15, 0.2) is 18.3 Å². The van der Waals surface area contributed by atoms with E-state index in [1.807, 2.05) is 19.2 Å². The van der Waals surface area contributed by atoms with Crippen LogP contribution in [0, 0.1) is 13.8 Å². The number of fused-ring (bicyclic) bond motifs is 1. The minimum absolute atomic E-state index is 0.00996. The number of aromatic nitrogens is 1. The lowest BCUT2D eigenvalue weighted by Crippen LogP contribution is -2.07. The molecule has 0 aliphatic rings. The van der Waals surface area contributed by atoms with Crippen LogP contribution in [-0.4, -0.2) is 22.2 Å². The summed E-state index contributed by atoms with van der Waals surface area (Å²) in [5.74, 6) is -0.828. The number of carboxylic acids is 1. The fourth-order valence-corrected chi connectivity index (χ4v) is 2.53. The van der Waals surface area contributed by atoms with Crippen molar-refractivity contribution < 1.29 is 9.90 Å². The monoisotopic (exact) mass is 246 g/mol. The number of rotatable bonds is 4. The highest BCUT2D eigenvalue weighted by Crippen LogP contribution is 2.26. The van der Waals surface area contributed by atoms with Gasteiger partial charge in [0.1, 0.15) is 6.54 Å². The first kappa shape index (κ1) is 12.6. The molecule has 18 heavy (non-hydrogen) atoms. The quantitative estimate of drug-likeness (QED) is 0.865. The molecule has 0 spiro atoms. The van der Waals surface area contributed by atoms with E-state index >= 15 is 0 Å². The van der Waals surface area contributed by atoms with Crippen molar-refractivity contribution in [2.45, 2.75) is 26.8 Å². The Bertz CT molecular complexity index is 599. The van der Waals surface area contributed by atoms with Crippen LogP contribution >= 0.6 is 0 Å². The molecule has 96 valence electrons. The number of aryl methyl sites for hydroxylation is 2. The van der Waals surface area contributed by atoms with Gasteiger partial charge in [-0.25, -0.2) is 0 Å². The van der Waals surface area contributed by atoms with Gasteiger partial charge in [-0.1, -0.05) is 6.07 Å². The fourth-order valence-electron chi connectivity index (χ4n) is 2.53. The van der Waals surface area contributed by atoms with Gasteiger partial charge in [-0.05, 0) is 49.6 Å². The topological polar surface area (TPSA) is 68.2 Å². The van der Waals surface area contributed by atoms with Crippen molar-refractivity contribution in [2.24, 2.45) is 5.73 Å². The molecule has 0 radical (unpaired) electrons. The molecule has 0 bridgehead atoms. The molecule has 0 aliphatic heterocycles. The SMILES string of the molecule is Cc1cc(C)c2c(CCN)cn(CC(=O)O)c2c1. The molecule has 1 heterocycles. The van der Waals surface area contributed by atoms with E-state index in [2.05, 4.69) is 13.0 Å². The number of hydrogen-bond acceptors (Lipinski definition) is 2. The van der Waals surface area contributed by atoms with Crippen molar-refractivity contribution in [3.8, 4) is 0 Å². The van der Waals surface area contributed by atoms with Gasteiger partial charge in [0.15, 0.2) is 0 Å². The summed E-state index contributed by atoms with van der Waals surface area (Å²) in [7, 11) is 0. The van der Waals surface area contributed by atoms with Crippen LogP contribution in [-0.2, 0) is 17.8 Å². The van der Waals surface area contributed by atoms with E-state index in [1.165, 1.54) is 5.56 Å². The molecule has 0 fully saturated rings. The summed E-state index contributed by atoms with van der Waals surface area (Å²) in [4.78, 5) is 10.9. The zero-order valence-electron chi connectivity index (χ0n) is 10.7. The summed E-state index contributed by atoms with van der Waals surface area (Å²) < 4.78 is 1.79. The average molecular weight is 246 g/mol. The number of nitrogens with zero attached hydrogens (tertiary/aromatic N) is 1. The molecule has 1 aromatic heterocycles. The lowest BCUT2D eigenvalue weighted by molar-refractivity contribution is -0.137. The van der Waals surface area contributed by atoms with E-state index in [-0.39, 0.29) is 6.54 Å². The summed E-state index contributed by atoms with van der Waals surface area (Å²) in [6.07, 6.45) is 2.69. The van der Waals surface area contributed by atoms with Gasteiger partial charge in [-0.3, -0.25) is 4.79 Å². The Morgan fingerprint density at radius 2 is 2.11 bits per heavy atom. The molecular formula is C14H18N2O2. The van der Waals surface area contributed by atoms with Crippen LogP contribution in [0.5, 0.6) is 0 Å². The molecule has 0 atom stereocenters. The average Bonchev–Trinajstić information content (AvgIpc) is 2.56. The second kappa shape index (κ2) is 4.82. The minimum atomic E-state index is -0.828. The third-order valence-corrected chi connectivity index (χ3v) is 3.12. The number of carboxylic acid groups (broad SMARTS) is 1. The second-order valence-electron chi connectivity index (χ2n) is 4.69. The van der Waals surface area contributed by atoms with Gasteiger partial charge in [0.25, 0.3) is 0 Å². The largest absolute Gasteiger partial charge is 0.480 e. The summed E-state index contributed by atoms with van der Waals surface area (Å²) in [5.41, 5.74) is 10.1. The first-order valence-corrected chi connectivity index (χ1v) is 6.03. The van der Waals surface area contributed by atoms with E-state index in [9.17, 15) is 4.79 Å². The molecule has 4 nitrogen and oxygen atoms in total. The smallest absolute Gasteiger partial charge is 0.323 e. The van der Waals surface area contributed by atoms with Gasteiger partial charge in [-0.2, -0.15) is 0 Å². The maximum atomic E-state index is 10.9. The summed E-state index contributed by atoms with van der Waals surface area (Å²) >= 11 is 0. The number of nitrogens with two attached hydrogens (primary N) is 1. The summed E-state index contributed by atoms with van der Waals surface area (Å²) in [6.45, 7) is 4.64. The first-order valence-electron chi connectivity index (χ1n) is 6.03. The third-order valence-electron chi connectivity index (χ3n) is 3.12. The highest BCUT2D eigenvalue weighted by molar-refractivity contribution is 5.89. The van der Waals surface area contributed by atoms with Gasteiger partial charge in [0, 0.05) is 17.1 Å². The highest BCUT2D eigenvalue weighted by atomic mass is 16.4. The number of hydrogen-bond donors (Lipinski definition) is 2. The Kier molecular flexibility index (Phi) is 3.39. The minimum Gasteiger partial charge on any atom is -0.480 e. The standard InChI is InChI=1S/C14H18N2O2/c1-9-5-10(2)14-11(3-4-15)7-16(8-13(17)18)12(14)6-9/h5-7H,3-4,8,15H2,1-2H3,(H,17,18). The van der Waals surface area contributed by atoms with E-state index in [0.29, 0.717) is 6.54 Å². The Morgan fingerprint density at radius 1 is 1.39 bits per heavy atom. The van der Waals surface area contributed by atoms with Crippen molar-refractivity contribution in [1.82, 2.24) is 4.57 Å². The molecule has 3 N–H and O–H groups in total. The predicted molar refractivity (Wildman–Crippen MR) is 71.8 cm³/mol. The molecule has 2 aromatic rings. The Hall–Kier alpha value is -1.81. The lowest BCUT2D eigenvalue weighted by atomic mass is 10.0. The van der Waals surface area contributed by atoms with Gasteiger partial charge in [0.05, 0.1) is 0 Å². The van der Waals surface area contributed by atoms with Gasteiger partial charge in [-0.15, -0.1) is 0 Å². The van der Waals surface area contributed by atoms with Gasteiger partial charge >= 0.3 is 5.97 Å². The van der Waals surface area contributed by atoms with Gasteiger partial charge < -0.3 is 15.4 Å². The van der Waals surface area contributed by atoms with Crippen LogP contribution in [0.4, 0.5) is 0 Å². The van der Waals surface area contributed by atoms with Crippen molar-refractivity contribution in [1.29, 1.82) is 0 Å². The van der Waals surface area contributed by atoms with Crippen LogP contribution in [0.2, 0.25) is 0 Å². The van der Waals surface area contributed by atoms with Crippen LogP contribution in [0.25, 0.3) is 10.9 Å². The fraction of sp³-hybridized carbons (Fsp3) is 0.357. The maximum absolute atomic E-state index is 10.9. The first-order chi connectivity index (χ1) is 8.52. The third kappa shape index (κ3) is 2.24. The van der Waals surface area contributed by atoms with Crippen molar-refractivity contribution in [3.63, 3.8) is 0 Å². The second-order valence-corrected chi connectivity index (χ2v) is 4.69. The zero-order valence-corrected chi connectivity index (χ0v) is 10.7. The number of aliphatic carboxylic acids is 1. The molecule has 0 amide bonds. The van der Waals surface area contributed by atoms with Crippen molar-refractivity contribution in [2.75, 3.05) is 6.54 Å². The van der Waals surface area contributed by atoms with E-state index in [0.717, 1.165) is 28.5 Å². The van der Waals surface area contributed by atoms with E-state index in [1.54, 1.807) is 4.57 Å². The lowest BCUT2D eigenvalue weighted by Gasteiger charge is -2.05. The normalized spacial score (nSPS) is 11.1. The van der Waals surface area contributed by atoms with Crippen LogP contribution in [0.1, 0.15) is 16.7 Å². The zero-order chi connectivity index (χ0) is 13.3. The molecular weight excluding hydrogens is 228 g/mol. The van der Waals surface area contributed by atoms with Crippen molar-refractivity contribution >= 4 is 16.9 Å².